The molecule has 1 aromatic carbocycles. The molecule has 3 atom stereocenters. The molecule has 1 aromatic rings. The molecule has 0 nitrogen and oxygen atoms in total. The van der Waals surface area contributed by atoms with Gasteiger partial charge in [-0.05, 0) is 43.1 Å². The van der Waals surface area contributed by atoms with Gasteiger partial charge < -0.3 is 0 Å². The number of hydrogen-bond donors (Lipinski definition) is 0. The van der Waals surface area contributed by atoms with Crippen molar-refractivity contribution in [3.8, 4) is 0 Å². The molecule has 0 amide bonds. The van der Waals surface area contributed by atoms with Crippen LogP contribution in [0.15, 0.2) is 24.3 Å². The third-order valence-electron chi connectivity index (χ3n) is 5.67. The van der Waals surface area contributed by atoms with E-state index in [2.05, 4.69) is 58.9 Å². The van der Waals surface area contributed by atoms with Crippen molar-refractivity contribution in [2.75, 3.05) is 0 Å². The Morgan fingerprint density at radius 3 is 1.91 bits per heavy atom. The van der Waals surface area contributed by atoms with Gasteiger partial charge >= 0.3 is 0 Å². The fourth-order valence-corrected chi connectivity index (χ4v) is 4.10. The summed E-state index contributed by atoms with van der Waals surface area (Å²) in [6, 6.07) is 9.33. The van der Waals surface area contributed by atoms with Gasteiger partial charge in [0.2, 0.25) is 0 Å². The van der Waals surface area contributed by atoms with Crippen molar-refractivity contribution in [3.63, 3.8) is 0 Å². The van der Waals surface area contributed by atoms with Gasteiger partial charge in [0.25, 0.3) is 0 Å². The lowest BCUT2D eigenvalue weighted by molar-refractivity contribution is 0.252. The maximum Gasteiger partial charge on any atom is -0.0159 e. The SMILES string of the molecule is CCCCCC(CC)C(CC)CC(CCC)c1ccc(C)cc1. The van der Waals surface area contributed by atoms with Crippen LogP contribution in [0.2, 0.25) is 0 Å². The molecule has 0 fully saturated rings. The van der Waals surface area contributed by atoms with E-state index in [-0.39, 0.29) is 0 Å². The quantitative estimate of drug-likeness (QED) is 0.344. The molecule has 0 N–H and O–H groups in total. The van der Waals surface area contributed by atoms with Crippen LogP contribution in [0.1, 0.15) is 103 Å². The third kappa shape index (κ3) is 7.10. The summed E-state index contributed by atoms with van der Waals surface area (Å²) < 4.78 is 0. The van der Waals surface area contributed by atoms with Crippen LogP contribution < -0.4 is 0 Å². The zero-order valence-electron chi connectivity index (χ0n) is 16.4. The minimum Gasteiger partial charge on any atom is -0.0654 e. The van der Waals surface area contributed by atoms with Gasteiger partial charge in [-0.15, -0.1) is 0 Å². The van der Waals surface area contributed by atoms with E-state index < -0.39 is 0 Å². The Labute approximate surface area is 146 Å². The number of unbranched alkanes of at least 4 members (excludes halogenated alkanes) is 2. The van der Waals surface area contributed by atoms with Crippen molar-refractivity contribution in [2.24, 2.45) is 11.8 Å². The third-order valence-corrected chi connectivity index (χ3v) is 5.67. The molecule has 0 aliphatic heterocycles. The fraction of sp³-hybridized carbons (Fsp3) is 0.739. The molecule has 3 unspecified atom stereocenters. The second-order valence-electron chi connectivity index (χ2n) is 7.46. The average Bonchev–Trinajstić information content (AvgIpc) is 2.57. The summed E-state index contributed by atoms with van der Waals surface area (Å²) in [5.74, 6) is 2.58. The number of hydrogen-bond acceptors (Lipinski definition) is 0. The maximum atomic E-state index is 2.41. The second kappa shape index (κ2) is 11.7. The Morgan fingerprint density at radius 2 is 1.39 bits per heavy atom. The molecule has 132 valence electrons. The average molecular weight is 317 g/mol. The smallest absolute Gasteiger partial charge is 0.0159 e. The lowest BCUT2D eigenvalue weighted by Crippen LogP contribution is -2.17. The van der Waals surface area contributed by atoms with Crippen LogP contribution in [0.5, 0.6) is 0 Å². The number of aryl methyl sites for hydroxylation is 1. The van der Waals surface area contributed by atoms with Crippen LogP contribution in [-0.2, 0) is 0 Å². The molecular formula is C23H40. The van der Waals surface area contributed by atoms with E-state index >= 15 is 0 Å². The number of rotatable bonds is 12. The van der Waals surface area contributed by atoms with Gasteiger partial charge in [-0.2, -0.15) is 0 Å². The molecule has 0 saturated heterocycles. The fourth-order valence-electron chi connectivity index (χ4n) is 4.10. The molecule has 0 saturated carbocycles. The standard InChI is InChI=1S/C23H40/c1-6-10-11-13-20(8-3)21(9-4)18-23(12-7-2)22-16-14-19(5)15-17-22/h14-17,20-21,23H,6-13,18H2,1-5H3. The highest BCUT2D eigenvalue weighted by molar-refractivity contribution is 5.24. The number of benzene rings is 1. The van der Waals surface area contributed by atoms with Crippen molar-refractivity contribution >= 4 is 0 Å². The van der Waals surface area contributed by atoms with Gasteiger partial charge in [0.15, 0.2) is 0 Å². The van der Waals surface area contributed by atoms with E-state index in [1.807, 2.05) is 0 Å². The van der Waals surface area contributed by atoms with Gasteiger partial charge in [-0.25, -0.2) is 0 Å². The van der Waals surface area contributed by atoms with E-state index in [0.717, 1.165) is 17.8 Å². The predicted octanol–water partition coefficient (Wildman–Crippen LogP) is 7.90. The van der Waals surface area contributed by atoms with E-state index in [9.17, 15) is 0 Å². The minimum absolute atomic E-state index is 0.755. The summed E-state index contributed by atoms with van der Waals surface area (Å²) in [5, 5.41) is 0. The zero-order valence-corrected chi connectivity index (χ0v) is 16.4. The van der Waals surface area contributed by atoms with Gasteiger partial charge in [-0.3, -0.25) is 0 Å². The molecule has 1 rings (SSSR count). The molecule has 0 radical (unpaired) electrons. The maximum absolute atomic E-state index is 2.41. The van der Waals surface area contributed by atoms with E-state index in [0.29, 0.717) is 0 Å². The summed E-state index contributed by atoms with van der Waals surface area (Å²) in [7, 11) is 0. The summed E-state index contributed by atoms with van der Waals surface area (Å²) in [4.78, 5) is 0. The van der Waals surface area contributed by atoms with E-state index in [4.69, 9.17) is 0 Å². The second-order valence-corrected chi connectivity index (χ2v) is 7.46. The van der Waals surface area contributed by atoms with E-state index in [1.54, 1.807) is 5.56 Å². The van der Waals surface area contributed by atoms with Gasteiger partial charge in [0, 0.05) is 0 Å². The van der Waals surface area contributed by atoms with Crippen LogP contribution in [-0.4, -0.2) is 0 Å². The van der Waals surface area contributed by atoms with Crippen LogP contribution >= 0.6 is 0 Å². The highest BCUT2D eigenvalue weighted by atomic mass is 14.3. The van der Waals surface area contributed by atoms with Gasteiger partial charge in [0.05, 0.1) is 0 Å². The molecule has 0 heterocycles. The predicted molar refractivity (Wildman–Crippen MR) is 105 cm³/mol. The topological polar surface area (TPSA) is 0 Å². The summed E-state index contributed by atoms with van der Waals surface area (Å²) in [5.41, 5.74) is 2.95. The van der Waals surface area contributed by atoms with Crippen LogP contribution in [0.25, 0.3) is 0 Å². The lowest BCUT2D eigenvalue weighted by Gasteiger charge is -2.29. The Kier molecular flexibility index (Phi) is 10.3. The van der Waals surface area contributed by atoms with Crippen molar-refractivity contribution in [3.05, 3.63) is 35.4 Å². The molecule has 0 bridgehead atoms. The summed E-state index contributed by atoms with van der Waals surface area (Å²) in [6.07, 6.45) is 12.3. The molecule has 0 spiro atoms. The molecule has 0 aliphatic carbocycles. The van der Waals surface area contributed by atoms with Crippen LogP contribution in [0.4, 0.5) is 0 Å². The molecule has 0 aliphatic rings. The molecule has 0 heteroatoms. The van der Waals surface area contributed by atoms with Crippen molar-refractivity contribution < 1.29 is 0 Å². The highest BCUT2D eigenvalue weighted by Crippen LogP contribution is 2.36. The normalized spacial score (nSPS) is 15.3. The van der Waals surface area contributed by atoms with Crippen LogP contribution in [0.3, 0.4) is 0 Å². The van der Waals surface area contributed by atoms with Gasteiger partial charge in [0.1, 0.15) is 0 Å². The highest BCUT2D eigenvalue weighted by Gasteiger charge is 2.22. The van der Waals surface area contributed by atoms with Crippen LogP contribution in [0, 0.1) is 18.8 Å². The Bertz CT molecular complexity index is 389. The lowest BCUT2D eigenvalue weighted by atomic mass is 9.76. The first-order chi connectivity index (χ1) is 11.2. The summed E-state index contributed by atoms with van der Waals surface area (Å²) >= 11 is 0. The minimum atomic E-state index is 0.755. The Hall–Kier alpha value is -0.780. The van der Waals surface area contributed by atoms with E-state index in [1.165, 1.54) is 63.4 Å². The van der Waals surface area contributed by atoms with Crippen molar-refractivity contribution in [1.29, 1.82) is 0 Å². The first kappa shape index (κ1) is 20.3. The first-order valence-electron chi connectivity index (χ1n) is 10.2. The Morgan fingerprint density at radius 1 is 0.739 bits per heavy atom. The molecule has 0 aromatic heterocycles. The van der Waals surface area contributed by atoms with Gasteiger partial charge in [-0.1, -0.05) is 102 Å². The van der Waals surface area contributed by atoms with Crippen molar-refractivity contribution in [1.82, 2.24) is 0 Å². The Balaban J connectivity index is 2.75. The monoisotopic (exact) mass is 316 g/mol. The zero-order chi connectivity index (χ0) is 17.1. The molecular weight excluding hydrogens is 276 g/mol. The first-order valence-corrected chi connectivity index (χ1v) is 10.2. The largest absolute Gasteiger partial charge is 0.0654 e. The van der Waals surface area contributed by atoms with Crippen molar-refractivity contribution in [2.45, 2.75) is 98.3 Å². The summed E-state index contributed by atoms with van der Waals surface area (Å²) in [6.45, 7) is 11.6. The molecule has 23 heavy (non-hydrogen) atoms.